The molecule has 0 amide bonds. The second kappa shape index (κ2) is 6.92. The summed E-state index contributed by atoms with van der Waals surface area (Å²) in [6.07, 6.45) is 15.5. The molecule has 0 heterocycles. The van der Waals surface area contributed by atoms with E-state index in [1.54, 1.807) is 0 Å². The van der Waals surface area contributed by atoms with E-state index >= 15 is 0 Å². The van der Waals surface area contributed by atoms with E-state index in [0.29, 0.717) is 0 Å². The molecule has 0 aliphatic heterocycles. The number of allylic oxidation sites excluding steroid dienone is 8. The summed E-state index contributed by atoms with van der Waals surface area (Å²) < 4.78 is 2.82. The van der Waals surface area contributed by atoms with Gasteiger partial charge in [-0.2, -0.15) is 0 Å². The van der Waals surface area contributed by atoms with Crippen LogP contribution in [-0.4, -0.2) is 0 Å². The zero-order valence-electron chi connectivity index (χ0n) is 11.8. The van der Waals surface area contributed by atoms with Gasteiger partial charge in [0.15, 0.2) is 0 Å². The Labute approximate surface area is 128 Å². The Morgan fingerprint density at radius 3 is 1.68 bits per heavy atom. The molecule has 104 valence electrons. The van der Waals surface area contributed by atoms with Gasteiger partial charge < -0.3 is 0 Å². The quantitative estimate of drug-likeness (QED) is 0.498. The number of rotatable bonds is 6. The van der Waals surface area contributed by atoms with Crippen LogP contribution in [0.4, 0.5) is 0 Å². The molecule has 0 nitrogen and oxygen atoms in total. The van der Waals surface area contributed by atoms with Crippen LogP contribution in [0, 0.1) is 0 Å². The molecule has 0 saturated heterocycles. The first-order valence-electron chi connectivity index (χ1n) is 7.27. The van der Waals surface area contributed by atoms with E-state index in [4.69, 9.17) is 17.0 Å². The minimum atomic E-state index is -3.30. The van der Waals surface area contributed by atoms with Gasteiger partial charge in [-0.1, -0.05) is 0 Å². The average Bonchev–Trinajstić information content (AvgIpc) is 2.99. The van der Waals surface area contributed by atoms with Gasteiger partial charge in [0.2, 0.25) is 0 Å². The van der Waals surface area contributed by atoms with Crippen LogP contribution in [0.3, 0.4) is 0 Å². The molecule has 0 saturated carbocycles. The van der Waals surface area contributed by atoms with Gasteiger partial charge in [-0.3, -0.25) is 0 Å². The zero-order chi connectivity index (χ0) is 13.9. The molecule has 0 bridgehead atoms. The van der Waals surface area contributed by atoms with Crippen LogP contribution in [0.15, 0.2) is 42.0 Å². The van der Waals surface area contributed by atoms with Crippen LogP contribution in [0.2, 0.25) is 0 Å². The third-order valence-corrected chi connectivity index (χ3v) is 15.6. The number of halogens is 2. The Bertz CT molecular complexity index is 425. The Kier molecular flexibility index (Phi) is 5.76. The van der Waals surface area contributed by atoms with Crippen LogP contribution in [0.25, 0.3) is 0 Å². The van der Waals surface area contributed by atoms with E-state index in [1.165, 1.54) is 17.7 Å². The summed E-state index contributed by atoms with van der Waals surface area (Å²) in [5, 5.41) is 0. The Balaban J connectivity index is 2.32. The van der Waals surface area contributed by atoms with Gasteiger partial charge in [0, 0.05) is 0 Å². The second-order valence-corrected chi connectivity index (χ2v) is 18.9. The molecule has 0 aromatic carbocycles. The zero-order valence-corrected chi connectivity index (χ0v) is 15.8. The van der Waals surface area contributed by atoms with Crippen molar-refractivity contribution in [2.24, 2.45) is 0 Å². The molecule has 0 unspecified atom stereocenters. The summed E-state index contributed by atoms with van der Waals surface area (Å²) >= 11 is -3.30. The number of hydrogen-bond donors (Lipinski definition) is 0. The minimum absolute atomic E-state index is 0.987. The number of hydrogen-bond acceptors (Lipinski definition) is 0. The molecule has 0 fully saturated rings. The molecule has 0 atom stereocenters. The standard InChI is InChI=1S/2C8H11.2ClH.Zr/c2*1-2-5-8-6-3-4-7-8;;;/h2*3,6H,2,4-5H2,1H3;2*1H;/q;;;;+2/p-2. The van der Waals surface area contributed by atoms with Gasteiger partial charge >= 0.3 is 129 Å². The van der Waals surface area contributed by atoms with E-state index in [0.717, 1.165) is 38.5 Å². The molecule has 0 spiro atoms. The van der Waals surface area contributed by atoms with Crippen molar-refractivity contribution < 1.29 is 17.9 Å². The summed E-state index contributed by atoms with van der Waals surface area (Å²) in [5.41, 5.74) is 2.86. The van der Waals surface area contributed by atoms with Gasteiger partial charge in [-0.25, -0.2) is 0 Å². The van der Waals surface area contributed by atoms with Gasteiger partial charge in [0.25, 0.3) is 0 Å². The Hall–Kier alpha value is 0.423. The van der Waals surface area contributed by atoms with E-state index in [9.17, 15) is 0 Å². The van der Waals surface area contributed by atoms with Crippen molar-refractivity contribution in [2.75, 3.05) is 0 Å². The first-order chi connectivity index (χ1) is 9.11. The van der Waals surface area contributed by atoms with Gasteiger partial charge in [-0.15, -0.1) is 0 Å². The molecule has 19 heavy (non-hydrogen) atoms. The van der Waals surface area contributed by atoms with Crippen molar-refractivity contribution in [1.29, 1.82) is 0 Å². The first-order valence-corrected chi connectivity index (χ1v) is 16.1. The fourth-order valence-corrected chi connectivity index (χ4v) is 13.4. The molecule has 0 aromatic rings. The summed E-state index contributed by atoms with van der Waals surface area (Å²) in [6, 6.07) is 0. The van der Waals surface area contributed by atoms with E-state index in [1.807, 2.05) is 0 Å². The van der Waals surface area contributed by atoms with Gasteiger partial charge in [-0.05, 0) is 0 Å². The third-order valence-electron chi connectivity index (χ3n) is 3.85. The summed E-state index contributed by atoms with van der Waals surface area (Å²) in [5.74, 6) is 0. The predicted molar refractivity (Wildman–Crippen MR) is 83.1 cm³/mol. The second-order valence-electron chi connectivity index (χ2n) is 5.29. The van der Waals surface area contributed by atoms with Crippen LogP contribution >= 0.6 is 17.0 Å². The summed E-state index contributed by atoms with van der Waals surface area (Å²) in [6.45, 7) is 4.44. The summed E-state index contributed by atoms with van der Waals surface area (Å²) in [4.78, 5) is 0. The van der Waals surface area contributed by atoms with Crippen LogP contribution in [0.5, 0.6) is 0 Å². The molecule has 3 heteroatoms. The molecule has 0 N–H and O–H groups in total. The van der Waals surface area contributed by atoms with Crippen molar-refractivity contribution in [3.05, 3.63) is 42.0 Å². The average molecular weight is 376 g/mol. The topological polar surface area (TPSA) is 0 Å². The molecule has 0 radical (unpaired) electrons. The Morgan fingerprint density at radius 2 is 1.32 bits per heavy atom. The molecule has 0 aromatic heterocycles. The maximum absolute atomic E-state index is 6.99. The maximum atomic E-state index is 6.99. The first kappa shape index (κ1) is 15.8. The van der Waals surface area contributed by atoms with Crippen LogP contribution in [-0.2, 0) is 17.9 Å². The van der Waals surface area contributed by atoms with Gasteiger partial charge in [0.05, 0.1) is 0 Å². The third kappa shape index (κ3) is 3.37. The molecular weight excluding hydrogens is 354 g/mol. The van der Waals surface area contributed by atoms with E-state index in [-0.39, 0.29) is 0 Å². The fourth-order valence-electron chi connectivity index (χ4n) is 2.95. The molecule has 2 aliphatic carbocycles. The van der Waals surface area contributed by atoms with Crippen molar-refractivity contribution in [3.8, 4) is 0 Å². The SMILES string of the molecule is CCCC1=[C]([Zr]([Cl])([Cl])[C]2=C(CCC)C=CC2)CC=C1. The molecule has 2 aliphatic rings. The van der Waals surface area contributed by atoms with Gasteiger partial charge in [0.1, 0.15) is 0 Å². The molecular formula is C16H22Cl2Zr. The normalized spacial score (nSPS) is 19.2. The fraction of sp³-hybridized carbons (Fsp3) is 0.500. The monoisotopic (exact) mass is 374 g/mol. The van der Waals surface area contributed by atoms with Crippen LogP contribution < -0.4 is 0 Å². The summed E-state index contributed by atoms with van der Waals surface area (Å²) in [7, 11) is 14.0. The van der Waals surface area contributed by atoms with Crippen molar-refractivity contribution in [2.45, 2.75) is 52.4 Å². The predicted octanol–water partition coefficient (Wildman–Crippen LogP) is 6.48. The van der Waals surface area contributed by atoms with Crippen molar-refractivity contribution in [3.63, 3.8) is 0 Å². The van der Waals surface area contributed by atoms with Crippen molar-refractivity contribution >= 4 is 17.0 Å². The van der Waals surface area contributed by atoms with E-state index < -0.39 is 17.9 Å². The van der Waals surface area contributed by atoms with Crippen molar-refractivity contribution in [1.82, 2.24) is 0 Å². The van der Waals surface area contributed by atoms with E-state index in [2.05, 4.69) is 38.2 Å². The molecule has 2 rings (SSSR count). The Morgan fingerprint density at radius 1 is 0.895 bits per heavy atom. The van der Waals surface area contributed by atoms with Crippen LogP contribution in [0.1, 0.15) is 52.4 Å².